The first-order valence-electron chi connectivity index (χ1n) is 13.0. The van der Waals surface area contributed by atoms with Gasteiger partial charge in [0.1, 0.15) is 29.3 Å². The average molecular weight is 529 g/mol. The molecule has 6 heterocycles. The van der Waals surface area contributed by atoms with Crippen molar-refractivity contribution in [3.05, 3.63) is 39.5 Å². The predicted octanol–water partition coefficient (Wildman–Crippen LogP) is 1.82. The van der Waals surface area contributed by atoms with Crippen molar-refractivity contribution >= 4 is 28.0 Å². The first-order chi connectivity index (χ1) is 18.5. The molecular formula is C26H28N10OS. The van der Waals surface area contributed by atoms with E-state index in [-0.39, 0.29) is 18.0 Å². The highest BCUT2D eigenvalue weighted by Gasteiger charge is 2.52. The molecule has 4 aliphatic rings. The predicted molar refractivity (Wildman–Crippen MR) is 142 cm³/mol. The van der Waals surface area contributed by atoms with Gasteiger partial charge in [0.15, 0.2) is 11.6 Å². The Morgan fingerprint density at radius 1 is 1.13 bits per heavy atom. The van der Waals surface area contributed by atoms with E-state index < -0.39 is 0 Å². The molecule has 2 atom stereocenters. The molecule has 194 valence electrons. The van der Waals surface area contributed by atoms with Crippen molar-refractivity contribution in [3.63, 3.8) is 0 Å². The normalized spacial score (nSPS) is 22.7. The number of nitrogens with two attached hydrogens (primary N) is 1. The number of nitrogens with zero attached hydrogens (tertiary/aromatic N) is 8. The van der Waals surface area contributed by atoms with E-state index in [4.69, 9.17) is 20.4 Å². The zero-order valence-electron chi connectivity index (χ0n) is 21.1. The third-order valence-electron chi connectivity index (χ3n) is 8.52. The molecule has 3 aromatic rings. The van der Waals surface area contributed by atoms with E-state index in [2.05, 4.69) is 32.4 Å². The maximum Gasteiger partial charge on any atom is 0.320 e. The number of hydrogen-bond donors (Lipinski definition) is 2. The molecule has 1 aliphatic carbocycles. The molecule has 7 rings (SSSR count). The second kappa shape index (κ2) is 8.58. The number of ether oxygens (including phenoxy) is 1. The maximum absolute atomic E-state index is 10.3. The lowest BCUT2D eigenvalue weighted by Crippen LogP contribution is -2.59. The van der Waals surface area contributed by atoms with Crippen LogP contribution in [0.1, 0.15) is 46.5 Å². The summed E-state index contributed by atoms with van der Waals surface area (Å²) in [5, 5.41) is 28.6. The van der Waals surface area contributed by atoms with Crippen molar-refractivity contribution in [2.45, 2.75) is 49.8 Å². The number of aromatic nitrogens is 4. The molecule has 0 unspecified atom stereocenters. The number of aryl methyl sites for hydroxylation is 2. The van der Waals surface area contributed by atoms with Gasteiger partial charge in [-0.1, -0.05) is 0 Å². The molecule has 1 spiro atoms. The van der Waals surface area contributed by atoms with E-state index >= 15 is 0 Å². The van der Waals surface area contributed by atoms with Crippen molar-refractivity contribution in [2.24, 2.45) is 7.05 Å². The van der Waals surface area contributed by atoms with Crippen LogP contribution in [0.2, 0.25) is 0 Å². The fraction of sp³-hybridized carbons (Fsp3) is 0.500. The Morgan fingerprint density at radius 2 is 1.84 bits per heavy atom. The van der Waals surface area contributed by atoms with Gasteiger partial charge in [-0.3, -0.25) is 4.68 Å². The SMILES string of the molecule is Cn1nccc1COc1nc(N2C[C@H]3CC[C@@H](C2)N3)c(C#N)c(N2CC3(CCc4sc(N)c(C#N)c43)C2)n1. The van der Waals surface area contributed by atoms with Gasteiger partial charge in [0, 0.05) is 61.8 Å². The molecule has 11 nitrogen and oxygen atoms in total. The molecule has 3 fully saturated rings. The fourth-order valence-electron chi connectivity index (χ4n) is 6.67. The Morgan fingerprint density at radius 3 is 2.50 bits per heavy atom. The van der Waals surface area contributed by atoms with Crippen LogP contribution in [0.5, 0.6) is 6.01 Å². The monoisotopic (exact) mass is 528 g/mol. The van der Waals surface area contributed by atoms with Gasteiger partial charge in [0.25, 0.3) is 0 Å². The van der Waals surface area contributed by atoms with Crippen LogP contribution in [0.3, 0.4) is 0 Å². The number of rotatable bonds is 5. The van der Waals surface area contributed by atoms with E-state index in [0.717, 1.165) is 50.0 Å². The minimum atomic E-state index is -0.129. The van der Waals surface area contributed by atoms with Crippen LogP contribution in [0.4, 0.5) is 16.6 Å². The van der Waals surface area contributed by atoms with Crippen LogP contribution in [-0.4, -0.2) is 58.0 Å². The van der Waals surface area contributed by atoms with Gasteiger partial charge in [-0.2, -0.15) is 25.6 Å². The lowest BCUT2D eigenvalue weighted by molar-refractivity contribution is 0.268. The van der Waals surface area contributed by atoms with Crippen LogP contribution in [0.25, 0.3) is 0 Å². The quantitative estimate of drug-likeness (QED) is 0.503. The third kappa shape index (κ3) is 3.51. The zero-order valence-corrected chi connectivity index (χ0v) is 22.0. The second-order valence-electron chi connectivity index (χ2n) is 10.8. The Hall–Kier alpha value is -3.87. The number of fused-ring (bicyclic) bond motifs is 4. The summed E-state index contributed by atoms with van der Waals surface area (Å²) in [5.41, 5.74) is 9.17. The number of thiophene rings is 1. The highest BCUT2D eigenvalue weighted by atomic mass is 32.1. The van der Waals surface area contributed by atoms with Gasteiger partial charge in [-0.25, -0.2) is 0 Å². The van der Waals surface area contributed by atoms with Crippen molar-refractivity contribution < 1.29 is 4.74 Å². The Labute approximate surface area is 224 Å². The van der Waals surface area contributed by atoms with Crippen LogP contribution in [-0.2, 0) is 25.5 Å². The number of nitrogens with one attached hydrogen (secondary N) is 1. The first-order valence-corrected chi connectivity index (χ1v) is 13.8. The van der Waals surface area contributed by atoms with E-state index in [9.17, 15) is 10.5 Å². The van der Waals surface area contributed by atoms with E-state index in [1.807, 2.05) is 13.1 Å². The van der Waals surface area contributed by atoms with Gasteiger partial charge in [-0.15, -0.1) is 11.3 Å². The van der Waals surface area contributed by atoms with Crippen LogP contribution in [0, 0.1) is 22.7 Å². The molecule has 12 heteroatoms. The summed E-state index contributed by atoms with van der Waals surface area (Å²) < 4.78 is 7.84. The lowest BCUT2D eigenvalue weighted by Gasteiger charge is -2.49. The summed E-state index contributed by atoms with van der Waals surface area (Å²) in [6.45, 7) is 3.25. The van der Waals surface area contributed by atoms with Gasteiger partial charge in [0.05, 0.1) is 11.3 Å². The molecule has 0 aromatic carbocycles. The van der Waals surface area contributed by atoms with E-state index in [0.29, 0.717) is 52.9 Å². The van der Waals surface area contributed by atoms with E-state index in [1.54, 1.807) is 10.9 Å². The molecule has 0 radical (unpaired) electrons. The number of anilines is 3. The van der Waals surface area contributed by atoms with E-state index in [1.165, 1.54) is 16.2 Å². The summed E-state index contributed by atoms with van der Waals surface area (Å²) in [6, 6.07) is 7.71. The van der Waals surface area contributed by atoms with Crippen molar-refractivity contribution in [1.29, 1.82) is 10.5 Å². The summed E-state index contributed by atoms with van der Waals surface area (Å²) in [7, 11) is 1.87. The number of nitriles is 2. The van der Waals surface area contributed by atoms with Gasteiger partial charge >= 0.3 is 6.01 Å². The molecule has 3 aliphatic heterocycles. The number of piperazine rings is 1. The molecule has 3 aromatic heterocycles. The Balaban J connectivity index is 1.24. The Bertz CT molecular complexity index is 1500. The summed E-state index contributed by atoms with van der Waals surface area (Å²) in [5.74, 6) is 1.24. The number of hydrogen-bond acceptors (Lipinski definition) is 11. The largest absolute Gasteiger partial charge is 0.457 e. The molecule has 0 saturated carbocycles. The van der Waals surface area contributed by atoms with Crippen LogP contribution in [0.15, 0.2) is 12.3 Å². The topological polar surface area (TPSA) is 145 Å². The molecule has 3 saturated heterocycles. The highest BCUT2D eigenvalue weighted by molar-refractivity contribution is 7.16. The van der Waals surface area contributed by atoms with Crippen molar-refractivity contribution in [1.82, 2.24) is 25.1 Å². The third-order valence-corrected chi connectivity index (χ3v) is 9.60. The number of nitrogen functional groups attached to an aromatic ring is 1. The maximum atomic E-state index is 10.3. The lowest BCUT2D eigenvalue weighted by atomic mass is 9.74. The smallest absolute Gasteiger partial charge is 0.320 e. The second-order valence-corrected chi connectivity index (χ2v) is 11.9. The average Bonchev–Trinajstić information content (AvgIpc) is 3.64. The summed E-state index contributed by atoms with van der Waals surface area (Å²) >= 11 is 1.54. The summed E-state index contributed by atoms with van der Waals surface area (Å²) in [6.07, 6.45) is 5.90. The van der Waals surface area contributed by atoms with Gasteiger partial charge in [0.2, 0.25) is 0 Å². The first kappa shape index (κ1) is 23.3. The van der Waals surface area contributed by atoms with Crippen molar-refractivity contribution in [2.75, 3.05) is 41.7 Å². The molecule has 38 heavy (non-hydrogen) atoms. The van der Waals surface area contributed by atoms with Crippen LogP contribution < -0.4 is 25.6 Å². The molecule has 0 amide bonds. The fourth-order valence-corrected chi connectivity index (χ4v) is 7.81. The zero-order chi connectivity index (χ0) is 26.0. The molecule has 3 N–H and O–H groups in total. The highest BCUT2D eigenvalue weighted by Crippen LogP contribution is 2.53. The van der Waals surface area contributed by atoms with Gasteiger partial charge < -0.3 is 25.6 Å². The van der Waals surface area contributed by atoms with Crippen molar-refractivity contribution in [3.8, 4) is 18.1 Å². The minimum Gasteiger partial charge on any atom is -0.457 e. The summed E-state index contributed by atoms with van der Waals surface area (Å²) in [4.78, 5) is 15.1. The standard InChI is InChI=1S/C26H28N10OS/c1-34-17(5-7-30-34)12-37-25-32-23(35-10-15-2-3-16(11-35)31-15)19(9-28)24(33-25)36-13-26(14-36)6-4-20-21(26)18(8-27)22(29)38-20/h5,7,15-16,31H,2-4,6,10-14,29H2,1H3/t15-,16+. The van der Waals surface area contributed by atoms with Crippen LogP contribution >= 0.6 is 11.3 Å². The Kier molecular flexibility index (Phi) is 5.25. The minimum absolute atomic E-state index is 0.129. The molecule has 2 bridgehead atoms. The molecular weight excluding hydrogens is 500 g/mol. The van der Waals surface area contributed by atoms with Gasteiger partial charge in [-0.05, 0) is 37.3 Å².